The molecule has 3 aromatic rings. The van der Waals surface area contributed by atoms with Crippen LogP contribution in [0.5, 0.6) is 0 Å². The van der Waals surface area contributed by atoms with Gasteiger partial charge in [0.15, 0.2) is 0 Å². The first-order valence-electron chi connectivity index (χ1n) is 8.94. The van der Waals surface area contributed by atoms with Crippen molar-refractivity contribution in [2.75, 3.05) is 7.11 Å². The molecule has 0 bridgehead atoms. The molecule has 0 fully saturated rings. The van der Waals surface area contributed by atoms with Crippen molar-refractivity contribution in [1.82, 2.24) is 9.13 Å². The van der Waals surface area contributed by atoms with E-state index in [4.69, 9.17) is 4.74 Å². The summed E-state index contributed by atoms with van der Waals surface area (Å²) in [7, 11) is 1.56. The number of aryl methyl sites for hydroxylation is 2. The lowest BCUT2D eigenvalue weighted by molar-refractivity contribution is -0.137. The van der Waals surface area contributed by atoms with Gasteiger partial charge < -0.3 is 9.84 Å². The normalized spacial score (nSPS) is 12.4. The molecule has 0 amide bonds. The number of fused-ring (bicyclic) bond motifs is 1. The molecule has 0 saturated heterocycles. The summed E-state index contributed by atoms with van der Waals surface area (Å²) in [6.07, 6.45) is 0.315. The van der Waals surface area contributed by atoms with Gasteiger partial charge >= 0.3 is 11.7 Å². The fraction of sp³-hybridized carbons (Fsp3) is 0.350. The maximum Gasteiger partial charge on any atom is 0.332 e. The highest BCUT2D eigenvalue weighted by atomic mass is 32.1. The highest BCUT2D eigenvalue weighted by Crippen LogP contribution is 2.29. The maximum atomic E-state index is 13.0. The second kappa shape index (κ2) is 8.12. The van der Waals surface area contributed by atoms with Crippen LogP contribution in [0, 0.1) is 6.92 Å². The lowest BCUT2D eigenvalue weighted by atomic mass is 10.1. The average molecular weight is 402 g/mol. The van der Waals surface area contributed by atoms with E-state index in [1.165, 1.54) is 15.9 Å². The van der Waals surface area contributed by atoms with Crippen molar-refractivity contribution in [2.45, 2.75) is 39.5 Å². The molecule has 0 spiro atoms. The van der Waals surface area contributed by atoms with E-state index in [2.05, 4.69) is 0 Å². The monoisotopic (exact) mass is 402 g/mol. The van der Waals surface area contributed by atoms with Gasteiger partial charge in [0.25, 0.3) is 5.56 Å². The Kier molecular flexibility index (Phi) is 5.81. The Labute approximate surface area is 165 Å². The molecule has 2 aromatic heterocycles. The van der Waals surface area contributed by atoms with E-state index in [-0.39, 0.29) is 6.54 Å². The smallest absolute Gasteiger partial charge is 0.332 e. The van der Waals surface area contributed by atoms with Crippen molar-refractivity contribution in [1.29, 1.82) is 0 Å². The number of hydrogen-bond donors (Lipinski definition) is 1. The van der Waals surface area contributed by atoms with Gasteiger partial charge in [0, 0.05) is 12.0 Å². The molecule has 0 unspecified atom stereocenters. The molecule has 0 aliphatic carbocycles. The molecule has 1 aromatic carbocycles. The number of benzene rings is 1. The number of methoxy groups -OCH3 is 1. The van der Waals surface area contributed by atoms with Gasteiger partial charge in [-0.15, -0.1) is 11.3 Å². The summed E-state index contributed by atoms with van der Waals surface area (Å²) >= 11 is 1.40. The number of aliphatic carboxylic acids is 1. The summed E-state index contributed by atoms with van der Waals surface area (Å²) in [5.74, 6) is -1.24. The van der Waals surface area contributed by atoms with E-state index in [1.54, 1.807) is 7.11 Å². The predicted molar refractivity (Wildman–Crippen MR) is 108 cm³/mol. The van der Waals surface area contributed by atoms with E-state index in [1.807, 2.05) is 44.2 Å². The van der Waals surface area contributed by atoms with E-state index in [0.29, 0.717) is 10.2 Å². The lowest BCUT2D eigenvalue weighted by Crippen LogP contribution is -2.42. The van der Waals surface area contributed by atoms with Crippen molar-refractivity contribution in [3.05, 3.63) is 67.2 Å². The topological polar surface area (TPSA) is 90.5 Å². The fourth-order valence-corrected chi connectivity index (χ4v) is 4.60. The van der Waals surface area contributed by atoms with Gasteiger partial charge in [0.2, 0.25) is 0 Å². The van der Waals surface area contributed by atoms with Crippen LogP contribution in [0.4, 0.5) is 0 Å². The minimum atomic E-state index is -1.24. The van der Waals surface area contributed by atoms with Gasteiger partial charge in [0.05, 0.1) is 11.9 Å². The Morgan fingerprint density at radius 2 is 1.89 bits per heavy atom. The average Bonchev–Trinajstić information content (AvgIpc) is 3.02. The molecular formula is C20H22N2O5S. The highest BCUT2D eigenvalue weighted by Gasteiger charge is 2.22. The number of carbonyl (C=O) groups is 1. The number of carboxylic acid groups (broad SMARTS) is 1. The van der Waals surface area contributed by atoms with Crippen molar-refractivity contribution in [3.8, 4) is 0 Å². The van der Waals surface area contributed by atoms with Crippen molar-refractivity contribution >= 4 is 27.5 Å². The van der Waals surface area contributed by atoms with Crippen molar-refractivity contribution < 1.29 is 14.6 Å². The number of ether oxygens (including phenoxy) is 1. The molecule has 1 N–H and O–H groups in total. The molecule has 1 atom stereocenters. The highest BCUT2D eigenvalue weighted by molar-refractivity contribution is 7.18. The molecular weight excluding hydrogens is 380 g/mol. The van der Waals surface area contributed by atoms with Crippen LogP contribution in [0.25, 0.3) is 10.2 Å². The van der Waals surface area contributed by atoms with Gasteiger partial charge in [-0.2, -0.15) is 0 Å². The number of hydrogen-bond acceptors (Lipinski definition) is 5. The van der Waals surface area contributed by atoms with Crippen LogP contribution in [0.15, 0.2) is 39.9 Å². The zero-order chi connectivity index (χ0) is 20.4. The zero-order valence-electron chi connectivity index (χ0n) is 16.0. The van der Waals surface area contributed by atoms with Crippen LogP contribution < -0.4 is 11.2 Å². The van der Waals surface area contributed by atoms with Crippen molar-refractivity contribution in [3.63, 3.8) is 0 Å². The molecule has 0 radical (unpaired) electrons. The van der Waals surface area contributed by atoms with Crippen LogP contribution in [0.3, 0.4) is 0 Å². The first-order chi connectivity index (χ1) is 13.4. The second-order valence-corrected chi connectivity index (χ2v) is 7.58. The minimum absolute atomic E-state index is 0.179. The summed E-state index contributed by atoms with van der Waals surface area (Å²) in [5.41, 5.74) is 0.502. The van der Waals surface area contributed by atoms with Gasteiger partial charge in [-0.25, -0.2) is 9.36 Å². The lowest BCUT2D eigenvalue weighted by Gasteiger charge is -2.18. The Hall–Kier alpha value is -2.71. The SMILES string of the molecule is CCc1sc2c(c1C)c(=O)n(CC(=O)O)c(=O)n2C[C@@H](OC)c1ccccc1. The number of rotatable bonds is 7. The van der Waals surface area contributed by atoms with Crippen LogP contribution in [-0.2, 0) is 29.0 Å². The van der Waals surface area contributed by atoms with Crippen molar-refractivity contribution in [2.24, 2.45) is 0 Å². The fourth-order valence-electron chi connectivity index (χ4n) is 3.36. The second-order valence-electron chi connectivity index (χ2n) is 6.50. The molecule has 8 heteroatoms. The minimum Gasteiger partial charge on any atom is -0.480 e. The first-order valence-corrected chi connectivity index (χ1v) is 9.75. The molecule has 2 heterocycles. The molecule has 3 rings (SSSR count). The quantitative estimate of drug-likeness (QED) is 0.656. The molecule has 0 saturated carbocycles. The number of carboxylic acids is 1. The van der Waals surface area contributed by atoms with Crippen LogP contribution in [0.1, 0.15) is 29.0 Å². The summed E-state index contributed by atoms with van der Waals surface area (Å²) in [5, 5.41) is 9.58. The van der Waals surface area contributed by atoms with E-state index < -0.39 is 29.9 Å². The maximum absolute atomic E-state index is 13.0. The standard InChI is InChI=1S/C20H22N2O5S/c1-4-15-12(2)17-18(25)21(11-16(23)24)20(26)22(19(17)28-15)10-14(27-3)13-8-6-5-7-9-13/h5-9,14H,4,10-11H2,1-3H3,(H,23,24)/t14-/m1/s1. The van der Waals surface area contributed by atoms with E-state index in [0.717, 1.165) is 27.0 Å². The van der Waals surface area contributed by atoms with Gasteiger partial charge in [-0.3, -0.25) is 14.2 Å². The summed E-state index contributed by atoms with van der Waals surface area (Å²) in [6.45, 7) is 3.33. The number of aromatic nitrogens is 2. The Balaban J connectivity index is 2.27. The van der Waals surface area contributed by atoms with Gasteiger partial charge in [-0.05, 0) is 24.5 Å². The Morgan fingerprint density at radius 1 is 1.21 bits per heavy atom. The molecule has 0 aliphatic rings. The van der Waals surface area contributed by atoms with Gasteiger partial charge in [0.1, 0.15) is 17.5 Å². The van der Waals surface area contributed by atoms with E-state index in [9.17, 15) is 19.5 Å². The predicted octanol–water partition coefficient (Wildman–Crippen LogP) is 2.57. The Morgan fingerprint density at radius 3 is 2.46 bits per heavy atom. The zero-order valence-corrected chi connectivity index (χ0v) is 16.8. The first kappa shape index (κ1) is 20.0. The third kappa shape index (κ3) is 3.53. The van der Waals surface area contributed by atoms with Crippen LogP contribution in [0.2, 0.25) is 0 Å². The van der Waals surface area contributed by atoms with Crippen LogP contribution >= 0.6 is 11.3 Å². The summed E-state index contributed by atoms with van der Waals surface area (Å²) in [4.78, 5) is 38.7. The molecule has 0 aliphatic heterocycles. The van der Waals surface area contributed by atoms with Crippen LogP contribution in [-0.4, -0.2) is 27.3 Å². The largest absolute Gasteiger partial charge is 0.480 e. The summed E-state index contributed by atoms with van der Waals surface area (Å²) < 4.78 is 7.86. The van der Waals surface area contributed by atoms with E-state index >= 15 is 0 Å². The third-order valence-electron chi connectivity index (χ3n) is 4.81. The molecule has 7 nitrogen and oxygen atoms in total. The molecule has 28 heavy (non-hydrogen) atoms. The Bertz CT molecular complexity index is 1130. The molecule has 148 valence electrons. The third-order valence-corrected chi connectivity index (χ3v) is 6.27. The van der Waals surface area contributed by atoms with Gasteiger partial charge in [-0.1, -0.05) is 37.3 Å². The number of nitrogens with zero attached hydrogens (tertiary/aromatic N) is 2. The number of thiophene rings is 1. The summed E-state index contributed by atoms with van der Waals surface area (Å²) in [6, 6.07) is 9.47.